The molecule has 0 aromatic carbocycles. The number of rotatable bonds is 6. The molecule has 2 aromatic rings. The quantitative estimate of drug-likeness (QED) is 0.812. The second kappa shape index (κ2) is 7.73. The molecule has 3 N–H and O–H groups in total. The molecule has 1 aliphatic rings. The van der Waals surface area contributed by atoms with Gasteiger partial charge < -0.3 is 15.6 Å². The first kappa shape index (κ1) is 17.5. The number of hydrogen-bond acceptors (Lipinski definition) is 6. The van der Waals surface area contributed by atoms with Gasteiger partial charge in [0.1, 0.15) is 6.33 Å². The Labute approximate surface area is 147 Å². The van der Waals surface area contributed by atoms with E-state index in [1.54, 1.807) is 17.2 Å². The Balaban J connectivity index is 1.62. The molecule has 2 heterocycles. The molecule has 0 radical (unpaired) electrons. The molecule has 1 fully saturated rings. The maximum absolute atomic E-state index is 12.5. The Morgan fingerprint density at radius 2 is 2.12 bits per heavy atom. The van der Waals surface area contributed by atoms with Crippen LogP contribution in [0.3, 0.4) is 0 Å². The zero-order valence-electron chi connectivity index (χ0n) is 14.8. The van der Waals surface area contributed by atoms with E-state index < -0.39 is 0 Å². The predicted octanol–water partition coefficient (Wildman–Crippen LogP) is 1.21. The summed E-state index contributed by atoms with van der Waals surface area (Å²) in [5.74, 6) is 0.487. The minimum absolute atomic E-state index is 0.251. The summed E-state index contributed by atoms with van der Waals surface area (Å²) < 4.78 is 3.75. The highest BCUT2D eigenvalue weighted by Gasteiger charge is 2.23. The number of carbonyl (C=O) groups is 1. The van der Waals surface area contributed by atoms with Crippen molar-refractivity contribution in [1.82, 2.24) is 35.1 Å². The number of aryl methyl sites for hydroxylation is 1. The standard InChI is InChI=1S/C16H26N8O/c1-3-8-23-10-18-21-15(23)11(2)19-16(25)14-9-24(22-20-14)13-6-4-12(17)5-7-13/h9-13H,3-8,17H2,1-2H3,(H,19,25). The van der Waals surface area contributed by atoms with Crippen molar-refractivity contribution in [2.24, 2.45) is 5.73 Å². The van der Waals surface area contributed by atoms with Crippen LogP contribution in [-0.4, -0.2) is 41.7 Å². The van der Waals surface area contributed by atoms with Crippen LogP contribution in [0.25, 0.3) is 0 Å². The van der Waals surface area contributed by atoms with Gasteiger partial charge in [-0.1, -0.05) is 12.1 Å². The topological polar surface area (TPSA) is 117 Å². The van der Waals surface area contributed by atoms with Gasteiger partial charge in [0.15, 0.2) is 11.5 Å². The molecule has 1 amide bonds. The van der Waals surface area contributed by atoms with Gasteiger partial charge in [-0.3, -0.25) is 4.79 Å². The third kappa shape index (κ3) is 4.04. The predicted molar refractivity (Wildman–Crippen MR) is 91.7 cm³/mol. The second-order valence-electron chi connectivity index (χ2n) is 6.73. The number of nitrogens with zero attached hydrogens (tertiary/aromatic N) is 6. The summed E-state index contributed by atoms with van der Waals surface area (Å²) in [6.07, 6.45) is 8.30. The molecule has 3 rings (SSSR count). The summed E-state index contributed by atoms with van der Waals surface area (Å²) in [5, 5.41) is 19.1. The molecule has 2 aromatic heterocycles. The number of carbonyl (C=O) groups excluding carboxylic acids is 1. The minimum atomic E-state index is -0.252. The first-order valence-electron chi connectivity index (χ1n) is 8.94. The maximum atomic E-state index is 12.5. The van der Waals surface area contributed by atoms with Crippen molar-refractivity contribution in [3.63, 3.8) is 0 Å². The van der Waals surface area contributed by atoms with E-state index in [2.05, 4.69) is 32.7 Å². The summed E-state index contributed by atoms with van der Waals surface area (Å²) in [6.45, 7) is 4.80. The molecule has 1 atom stereocenters. The number of nitrogens with one attached hydrogen (secondary N) is 1. The molecule has 1 aliphatic carbocycles. The highest BCUT2D eigenvalue weighted by atomic mass is 16.2. The van der Waals surface area contributed by atoms with Crippen LogP contribution in [0.4, 0.5) is 0 Å². The molecule has 9 nitrogen and oxygen atoms in total. The van der Waals surface area contributed by atoms with E-state index in [0.29, 0.717) is 5.69 Å². The minimum Gasteiger partial charge on any atom is -0.341 e. The molecule has 1 unspecified atom stereocenters. The lowest BCUT2D eigenvalue weighted by Crippen LogP contribution is -2.29. The van der Waals surface area contributed by atoms with Crippen LogP contribution in [0.2, 0.25) is 0 Å². The molecular weight excluding hydrogens is 320 g/mol. The fourth-order valence-electron chi connectivity index (χ4n) is 3.27. The van der Waals surface area contributed by atoms with Crippen LogP contribution in [0, 0.1) is 0 Å². The lowest BCUT2D eigenvalue weighted by molar-refractivity contribution is 0.0932. The molecule has 25 heavy (non-hydrogen) atoms. The third-order valence-corrected chi connectivity index (χ3v) is 4.70. The second-order valence-corrected chi connectivity index (χ2v) is 6.73. The van der Waals surface area contributed by atoms with Crippen molar-refractivity contribution in [2.45, 2.75) is 70.6 Å². The molecule has 136 valence electrons. The van der Waals surface area contributed by atoms with Crippen molar-refractivity contribution in [1.29, 1.82) is 0 Å². The van der Waals surface area contributed by atoms with Gasteiger partial charge >= 0.3 is 0 Å². The van der Waals surface area contributed by atoms with Gasteiger partial charge in [-0.05, 0) is 39.0 Å². The molecular formula is C16H26N8O. The van der Waals surface area contributed by atoms with Crippen molar-refractivity contribution in [3.8, 4) is 0 Å². The van der Waals surface area contributed by atoms with E-state index in [0.717, 1.165) is 44.5 Å². The summed E-state index contributed by atoms with van der Waals surface area (Å²) in [4.78, 5) is 12.5. The van der Waals surface area contributed by atoms with Gasteiger partial charge in [-0.25, -0.2) is 4.68 Å². The summed E-state index contributed by atoms with van der Waals surface area (Å²) in [7, 11) is 0. The van der Waals surface area contributed by atoms with Crippen molar-refractivity contribution in [3.05, 3.63) is 24.0 Å². The fourth-order valence-corrected chi connectivity index (χ4v) is 3.27. The van der Waals surface area contributed by atoms with Crippen LogP contribution in [0.5, 0.6) is 0 Å². The van der Waals surface area contributed by atoms with E-state index in [9.17, 15) is 4.79 Å². The number of nitrogens with two attached hydrogens (primary N) is 1. The number of amides is 1. The van der Waals surface area contributed by atoms with Gasteiger partial charge in [-0.15, -0.1) is 15.3 Å². The smallest absolute Gasteiger partial charge is 0.274 e. The van der Waals surface area contributed by atoms with Gasteiger partial charge in [0.25, 0.3) is 5.91 Å². The number of hydrogen-bond donors (Lipinski definition) is 2. The number of aromatic nitrogens is 6. The molecule has 9 heteroatoms. The molecule has 0 bridgehead atoms. The first-order chi connectivity index (χ1) is 12.1. The van der Waals surface area contributed by atoms with Crippen molar-refractivity contribution in [2.75, 3.05) is 0 Å². The molecule has 0 aliphatic heterocycles. The normalized spacial score (nSPS) is 21.9. The highest BCUT2D eigenvalue weighted by Crippen LogP contribution is 2.26. The Hall–Kier alpha value is -2.29. The monoisotopic (exact) mass is 346 g/mol. The first-order valence-corrected chi connectivity index (χ1v) is 8.94. The van der Waals surface area contributed by atoms with Crippen LogP contribution < -0.4 is 11.1 Å². The summed E-state index contributed by atoms with van der Waals surface area (Å²) in [5.41, 5.74) is 6.26. The van der Waals surface area contributed by atoms with E-state index in [1.807, 2.05) is 11.5 Å². The fraction of sp³-hybridized carbons (Fsp3) is 0.688. The molecule has 0 spiro atoms. The largest absolute Gasteiger partial charge is 0.341 e. The van der Waals surface area contributed by atoms with Gasteiger partial charge in [-0.2, -0.15) is 0 Å². The molecule has 1 saturated carbocycles. The van der Waals surface area contributed by atoms with Crippen LogP contribution in [-0.2, 0) is 6.54 Å². The van der Waals surface area contributed by atoms with E-state index >= 15 is 0 Å². The van der Waals surface area contributed by atoms with E-state index in [1.165, 1.54) is 0 Å². The Morgan fingerprint density at radius 3 is 2.84 bits per heavy atom. The van der Waals surface area contributed by atoms with E-state index in [-0.39, 0.29) is 24.0 Å². The average molecular weight is 346 g/mol. The van der Waals surface area contributed by atoms with Crippen LogP contribution >= 0.6 is 0 Å². The average Bonchev–Trinajstić information content (AvgIpc) is 3.25. The zero-order valence-corrected chi connectivity index (χ0v) is 14.8. The Kier molecular flexibility index (Phi) is 5.42. The van der Waals surface area contributed by atoms with Crippen LogP contribution in [0.15, 0.2) is 12.5 Å². The lowest BCUT2D eigenvalue weighted by Gasteiger charge is -2.25. The SMILES string of the molecule is CCCn1cnnc1C(C)NC(=O)c1cn(C2CCC(N)CC2)nn1. The Bertz CT molecular complexity index is 701. The van der Waals surface area contributed by atoms with Crippen molar-refractivity contribution < 1.29 is 4.79 Å². The van der Waals surface area contributed by atoms with E-state index in [4.69, 9.17) is 5.73 Å². The van der Waals surface area contributed by atoms with Gasteiger partial charge in [0.05, 0.1) is 18.3 Å². The lowest BCUT2D eigenvalue weighted by atomic mass is 9.92. The maximum Gasteiger partial charge on any atom is 0.274 e. The zero-order chi connectivity index (χ0) is 17.8. The van der Waals surface area contributed by atoms with Crippen LogP contribution in [0.1, 0.15) is 74.3 Å². The Morgan fingerprint density at radius 1 is 1.36 bits per heavy atom. The van der Waals surface area contributed by atoms with Gasteiger partial charge in [0.2, 0.25) is 0 Å². The van der Waals surface area contributed by atoms with Crippen molar-refractivity contribution >= 4 is 5.91 Å². The van der Waals surface area contributed by atoms with Gasteiger partial charge in [0, 0.05) is 12.6 Å². The third-order valence-electron chi connectivity index (χ3n) is 4.70. The molecule has 0 saturated heterocycles. The highest BCUT2D eigenvalue weighted by molar-refractivity contribution is 5.92. The summed E-state index contributed by atoms with van der Waals surface area (Å²) >= 11 is 0. The summed E-state index contributed by atoms with van der Waals surface area (Å²) in [6, 6.07) is 0.308.